The lowest BCUT2D eigenvalue weighted by Crippen LogP contribution is -2.37. The molecule has 3 rings (SSSR count). The summed E-state index contributed by atoms with van der Waals surface area (Å²) in [5.41, 5.74) is 0.940. The molecule has 0 unspecified atom stereocenters. The van der Waals surface area contributed by atoms with Crippen molar-refractivity contribution in [1.82, 2.24) is 10.2 Å². The highest BCUT2D eigenvalue weighted by Gasteiger charge is 2.22. The van der Waals surface area contributed by atoms with Crippen LogP contribution in [0.3, 0.4) is 0 Å². The largest absolute Gasteiger partial charge is 0.454 e. The molecule has 2 heterocycles. The summed E-state index contributed by atoms with van der Waals surface area (Å²) in [6, 6.07) is 5.56. The number of carbonyl (C=O) groups is 2. The monoisotopic (exact) mass is 276 g/mol. The Labute approximate surface area is 116 Å². The van der Waals surface area contributed by atoms with E-state index in [2.05, 4.69) is 5.32 Å². The van der Waals surface area contributed by atoms with Crippen LogP contribution in [-0.4, -0.2) is 36.6 Å². The molecule has 1 aromatic rings. The van der Waals surface area contributed by atoms with Gasteiger partial charge in [-0.25, -0.2) is 0 Å². The van der Waals surface area contributed by atoms with Gasteiger partial charge in [0.25, 0.3) is 0 Å². The number of nitrogens with zero attached hydrogens (tertiary/aromatic N) is 1. The smallest absolute Gasteiger partial charge is 0.239 e. The van der Waals surface area contributed by atoms with Crippen molar-refractivity contribution in [2.24, 2.45) is 0 Å². The normalized spacial score (nSPS) is 16.6. The molecular weight excluding hydrogens is 260 g/mol. The molecular formula is C14H16N2O4. The fraction of sp³-hybridized carbons (Fsp3) is 0.429. The summed E-state index contributed by atoms with van der Waals surface area (Å²) >= 11 is 0. The quantitative estimate of drug-likeness (QED) is 0.877. The SMILES string of the molecule is O=C(CN1CCCC1=O)NCc1ccc2c(c1)OCO2. The number of nitrogens with one attached hydrogen (secondary N) is 1. The van der Waals surface area contributed by atoms with E-state index in [0.29, 0.717) is 25.3 Å². The molecule has 0 saturated carbocycles. The summed E-state index contributed by atoms with van der Waals surface area (Å²) in [7, 11) is 0. The number of ether oxygens (including phenoxy) is 2. The molecule has 1 N–H and O–H groups in total. The molecule has 2 aliphatic rings. The highest BCUT2D eigenvalue weighted by molar-refractivity contribution is 5.85. The van der Waals surface area contributed by atoms with Crippen molar-refractivity contribution in [1.29, 1.82) is 0 Å². The lowest BCUT2D eigenvalue weighted by molar-refractivity contribution is -0.133. The van der Waals surface area contributed by atoms with Crippen molar-refractivity contribution < 1.29 is 19.1 Å². The maximum absolute atomic E-state index is 11.8. The topological polar surface area (TPSA) is 67.9 Å². The molecule has 6 nitrogen and oxygen atoms in total. The van der Waals surface area contributed by atoms with Crippen LogP contribution in [0.5, 0.6) is 11.5 Å². The van der Waals surface area contributed by atoms with Crippen LogP contribution in [0.15, 0.2) is 18.2 Å². The van der Waals surface area contributed by atoms with Crippen molar-refractivity contribution in [3.8, 4) is 11.5 Å². The zero-order valence-electron chi connectivity index (χ0n) is 11.1. The summed E-state index contributed by atoms with van der Waals surface area (Å²) < 4.78 is 10.5. The molecule has 0 spiro atoms. The highest BCUT2D eigenvalue weighted by Crippen LogP contribution is 2.32. The van der Waals surface area contributed by atoms with E-state index in [1.54, 1.807) is 4.90 Å². The maximum Gasteiger partial charge on any atom is 0.239 e. The molecule has 106 valence electrons. The van der Waals surface area contributed by atoms with E-state index in [0.717, 1.165) is 17.7 Å². The van der Waals surface area contributed by atoms with E-state index < -0.39 is 0 Å². The number of carbonyl (C=O) groups excluding carboxylic acids is 2. The second-order valence-electron chi connectivity index (χ2n) is 4.88. The molecule has 0 atom stereocenters. The first-order valence-electron chi connectivity index (χ1n) is 6.65. The Hall–Kier alpha value is -2.24. The average molecular weight is 276 g/mol. The third-order valence-corrected chi connectivity index (χ3v) is 3.43. The van der Waals surface area contributed by atoms with Gasteiger partial charge in [0.05, 0.1) is 6.54 Å². The van der Waals surface area contributed by atoms with Gasteiger partial charge in [-0.2, -0.15) is 0 Å². The molecule has 1 fully saturated rings. The van der Waals surface area contributed by atoms with Gasteiger partial charge in [-0.15, -0.1) is 0 Å². The Kier molecular flexibility index (Phi) is 3.45. The molecule has 2 aliphatic heterocycles. The minimum Gasteiger partial charge on any atom is -0.454 e. The first-order chi connectivity index (χ1) is 9.72. The number of likely N-dealkylation sites (tertiary alicyclic amines) is 1. The third kappa shape index (κ3) is 2.68. The van der Waals surface area contributed by atoms with Crippen molar-refractivity contribution >= 4 is 11.8 Å². The van der Waals surface area contributed by atoms with Crippen LogP contribution in [-0.2, 0) is 16.1 Å². The second kappa shape index (κ2) is 5.40. The predicted octanol–water partition coefficient (Wildman–Crippen LogP) is 0.654. The van der Waals surface area contributed by atoms with E-state index in [1.807, 2.05) is 18.2 Å². The predicted molar refractivity (Wildman–Crippen MR) is 70.2 cm³/mol. The van der Waals surface area contributed by atoms with Crippen molar-refractivity contribution in [2.75, 3.05) is 19.9 Å². The molecule has 1 aromatic carbocycles. The van der Waals surface area contributed by atoms with Crippen molar-refractivity contribution in [3.05, 3.63) is 23.8 Å². The fourth-order valence-electron chi connectivity index (χ4n) is 2.35. The van der Waals surface area contributed by atoms with Crippen LogP contribution < -0.4 is 14.8 Å². The van der Waals surface area contributed by atoms with Crippen molar-refractivity contribution in [2.45, 2.75) is 19.4 Å². The third-order valence-electron chi connectivity index (χ3n) is 3.43. The van der Waals surface area contributed by atoms with Crippen LogP contribution in [0.25, 0.3) is 0 Å². The van der Waals surface area contributed by atoms with Gasteiger partial charge in [0.1, 0.15) is 0 Å². The van der Waals surface area contributed by atoms with E-state index in [1.165, 1.54) is 0 Å². The van der Waals surface area contributed by atoms with Gasteiger partial charge in [-0.1, -0.05) is 6.07 Å². The number of rotatable bonds is 4. The summed E-state index contributed by atoms with van der Waals surface area (Å²) in [5.74, 6) is 1.34. The molecule has 2 amide bonds. The van der Waals surface area contributed by atoms with Crippen LogP contribution in [0.2, 0.25) is 0 Å². The lowest BCUT2D eigenvalue weighted by atomic mass is 10.2. The Balaban J connectivity index is 1.51. The molecule has 0 bridgehead atoms. The van der Waals surface area contributed by atoms with Crippen LogP contribution >= 0.6 is 0 Å². The van der Waals surface area contributed by atoms with Gasteiger partial charge in [0, 0.05) is 19.5 Å². The second-order valence-corrected chi connectivity index (χ2v) is 4.88. The first kappa shape index (κ1) is 12.8. The van der Waals surface area contributed by atoms with Crippen LogP contribution in [0.4, 0.5) is 0 Å². The number of benzene rings is 1. The highest BCUT2D eigenvalue weighted by atomic mass is 16.7. The molecule has 20 heavy (non-hydrogen) atoms. The number of hydrogen-bond donors (Lipinski definition) is 1. The zero-order chi connectivity index (χ0) is 13.9. The lowest BCUT2D eigenvalue weighted by Gasteiger charge is -2.15. The number of hydrogen-bond acceptors (Lipinski definition) is 4. The summed E-state index contributed by atoms with van der Waals surface area (Å²) in [6.07, 6.45) is 1.39. The van der Waals surface area contributed by atoms with Crippen LogP contribution in [0.1, 0.15) is 18.4 Å². The fourth-order valence-corrected chi connectivity index (χ4v) is 2.35. The Morgan fingerprint density at radius 2 is 2.15 bits per heavy atom. The van der Waals surface area contributed by atoms with Gasteiger partial charge in [0.15, 0.2) is 11.5 Å². The number of amides is 2. The van der Waals surface area contributed by atoms with Gasteiger partial charge in [-0.3, -0.25) is 9.59 Å². The molecule has 6 heteroatoms. The van der Waals surface area contributed by atoms with Gasteiger partial charge in [-0.05, 0) is 24.1 Å². The van der Waals surface area contributed by atoms with E-state index >= 15 is 0 Å². The summed E-state index contributed by atoms with van der Waals surface area (Å²) in [4.78, 5) is 24.8. The maximum atomic E-state index is 11.8. The Bertz CT molecular complexity index is 544. The average Bonchev–Trinajstić information content (AvgIpc) is 3.05. The minimum atomic E-state index is -0.141. The zero-order valence-corrected chi connectivity index (χ0v) is 11.1. The van der Waals surface area contributed by atoms with E-state index in [4.69, 9.17) is 9.47 Å². The van der Waals surface area contributed by atoms with Crippen LogP contribution in [0, 0.1) is 0 Å². The van der Waals surface area contributed by atoms with Crippen molar-refractivity contribution in [3.63, 3.8) is 0 Å². The van der Waals surface area contributed by atoms with Gasteiger partial charge in [0.2, 0.25) is 18.6 Å². The van der Waals surface area contributed by atoms with Gasteiger partial charge >= 0.3 is 0 Å². The first-order valence-corrected chi connectivity index (χ1v) is 6.65. The molecule has 1 saturated heterocycles. The number of fused-ring (bicyclic) bond motifs is 1. The van der Waals surface area contributed by atoms with Gasteiger partial charge < -0.3 is 19.7 Å². The summed E-state index contributed by atoms with van der Waals surface area (Å²) in [6.45, 7) is 1.47. The van der Waals surface area contributed by atoms with E-state index in [-0.39, 0.29) is 25.2 Å². The Morgan fingerprint density at radius 3 is 2.95 bits per heavy atom. The summed E-state index contributed by atoms with van der Waals surface area (Å²) in [5, 5.41) is 2.81. The molecule has 0 aliphatic carbocycles. The standard InChI is InChI=1S/C14H16N2O4/c17-13(8-16-5-1-2-14(16)18)15-7-10-3-4-11-12(6-10)20-9-19-11/h3-4,6H,1-2,5,7-9H2,(H,15,17). The molecule has 0 aromatic heterocycles. The Morgan fingerprint density at radius 1 is 1.30 bits per heavy atom. The minimum absolute atomic E-state index is 0.0585. The molecule has 0 radical (unpaired) electrons. The van der Waals surface area contributed by atoms with E-state index in [9.17, 15) is 9.59 Å².